The van der Waals surface area contributed by atoms with E-state index in [4.69, 9.17) is 14.2 Å². The Hall–Kier alpha value is -1.06. The molecule has 1 aromatic carbocycles. The van der Waals surface area contributed by atoms with Crippen molar-refractivity contribution in [2.75, 3.05) is 19.8 Å². The van der Waals surface area contributed by atoms with Crippen molar-refractivity contribution >= 4 is 0 Å². The molecule has 75 valence electrons. The minimum Gasteiger partial charge on any atom is -0.488 e. The maximum atomic E-state index is 5.52. The quantitative estimate of drug-likeness (QED) is 0.730. The predicted octanol–water partition coefficient (Wildman–Crippen LogP) is 1.63. The maximum Gasteiger partial charge on any atom is 0.200 e. The summed E-state index contributed by atoms with van der Waals surface area (Å²) >= 11 is 0. The molecule has 0 bridgehead atoms. The minimum atomic E-state index is -0.584. The van der Waals surface area contributed by atoms with E-state index in [-0.39, 0.29) is 0 Å². The van der Waals surface area contributed by atoms with Crippen LogP contribution in [0.3, 0.4) is 0 Å². The first kappa shape index (κ1) is 9.49. The summed E-state index contributed by atoms with van der Waals surface area (Å²) in [5.74, 6) is 0.226. The van der Waals surface area contributed by atoms with Crippen molar-refractivity contribution in [2.24, 2.45) is 0 Å². The van der Waals surface area contributed by atoms with Gasteiger partial charge < -0.3 is 14.2 Å². The largest absolute Gasteiger partial charge is 0.488 e. The summed E-state index contributed by atoms with van der Waals surface area (Å²) in [5.41, 5.74) is 0. The molecule has 1 radical (unpaired) electrons. The van der Waals surface area contributed by atoms with Crippen LogP contribution in [0.5, 0.6) is 5.75 Å². The normalized spacial score (nSPS) is 19.5. The van der Waals surface area contributed by atoms with Crippen LogP contribution in [0.4, 0.5) is 0 Å². The second-order valence-corrected chi connectivity index (χ2v) is 3.36. The molecule has 0 amide bonds. The van der Waals surface area contributed by atoms with Gasteiger partial charge in [-0.05, 0) is 25.1 Å². The van der Waals surface area contributed by atoms with E-state index in [2.05, 4.69) is 6.07 Å². The molecule has 1 saturated heterocycles. The van der Waals surface area contributed by atoms with Gasteiger partial charge in [0.05, 0.1) is 13.2 Å². The van der Waals surface area contributed by atoms with Crippen LogP contribution in [0.2, 0.25) is 0 Å². The van der Waals surface area contributed by atoms with E-state index in [1.807, 2.05) is 31.2 Å². The molecule has 0 N–H and O–H groups in total. The fourth-order valence-electron chi connectivity index (χ4n) is 1.32. The minimum absolute atomic E-state index is 0.414. The van der Waals surface area contributed by atoms with Gasteiger partial charge in [-0.3, -0.25) is 0 Å². The highest BCUT2D eigenvalue weighted by molar-refractivity contribution is 5.20. The highest BCUT2D eigenvalue weighted by atomic mass is 16.7. The van der Waals surface area contributed by atoms with Crippen molar-refractivity contribution in [3.05, 3.63) is 30.3 Å². The fraction of sp³-hybridized carbons (Fsp3) is 0.455. The second kappa shape index (κ2) is 3.98. The fourth-order valence-corrected chi connectivity index (χ4v) is 1.32. The smallest absolute Gasteiger partial charge is 0.200 e. The Morgan fingerprint density at radius 3 is 2.64 bits per heavy atom. The molecule has 0 saturated carbocycles. The van der Waals surface area contributed by atoms with Gasteiger partial charge in [-0.2, -0.15) is 0 Å². The van der Waals surface area contributed by atoms with E-state index in [1.54, 1.807) is 0 Å². The monoisotopic (exact) mass is 193 g/mol. The number of benzene rings is 1. The van der Waals surface area contributed by atoms with Crippen LogP contribution in [0, 0.1) is 6.07 Å². The molecule has 0 spiro atoms. The predicted molar refractivity (Wildman–Crippen MR) is 51.1 cm³/mol. The highest BCUT2D eigenvalue weighted by Gasteiger charge is 2.31. The van der Waals surface area contributed by atoms with Crippen LogP contribution < -0.4 is 4.74 Å². The van der Waals surface area contributed by atoms with Gasteiger partial charge in [0.25, 0.3) is 0 Å². The third-order valence-electron chi connectivity index (χ3n) is 2.09. The summed E-state index contributed by atoms with van der Waals surface area (Å²) in [4.78, 5) is 0. The van der Waals surface area contributed by atoms with E-state index >= 15 is 0 Å². The van der Waals surface area contributed by atoms with Crippen LogP contribution in [0.25, 0.3) is 0 Å². The maximum absolute atomic E-state index is 5.52. The lowest BCUT2D eigenvalue weighted by molar-refractivity contribution is -0.162. The van der Waals surface area contributed by atoms with Gasteiger partial charge >= 0.3 is 0 Å². The Morgan fingerprint density at radius 1 is 1.36 bits per heavy atom. The number of hydrogen-bond donors (Lipinski definition) is 0. The van der Waals surface area contributed by atoms with Gasteiger partial charge in [0, 0.05) is 0 Å². The van der Waals surface area contributed by atoms with Gasteiger partial charge in [-0.1, -0.05) is 12.1 Å². The number of hydrogen-bond acceptors (Lipinski definition) is 3. The first-order chi connectivity index (χ1) is 6.79. The SMILES string of the molecule is CC1(COc2cc[c]cc2)OCCO1. The summed E-state index contributed by atoms with van der Waals surface area (Å²) < 4.78 is 16.3. The third kappa shape index (κ3) is 2.25. The first-order valence-electron chi connectivity index (χ1n) is 4.65. The lowest BCUT2D eigenvalue weighted by atomic mass is 10.3. The molecule has 0 aliphatic carbocycles. The van der Waals surface area contributed by atoms with Gasteiger partial charge in [0.1, 0.15) is 12.4 Å². The summed E-state index contributed by atoms with van der Waals surface area (Å²) in [7, 11) is 0. The van der Waals surface area contributed by atoms with Crippen LogP contribution in [-0.4, -0.2) is 25.6 Å². The summed E-state index contributed by atoms with van der Waals surface area (Å²) in [6.07, 6.45) is 0. The summed E-state index contributed by atoms with van der Waals surface area (Å²) in [5, 5.41) is 0. The van der Waals surface area contributed by atoms with E-state index in [1.165, 1.54) is 0 Å². The molecular formula is C11H13O3. The second-order valence-electron chi connectivity index (χ2n) is 3.36. The molecule has 1 heterocycles. The van der Waals surface area contributed by atoms with Gasteiger partial charge in [-0.25, -0.2) is 0 Å². The van der Waals surface area contributed by atoms with Gasteiger partial charge in [0.2, 0.25) is 0 Å². The molecule has 1 fully saturated rings. The third-order valence-corrected chi connectivity index (χ3v) is 2.09. The van der Waals surface area contributed by atoms with Crippen molar-refractivity contribution in [2.45, 2.75) is 12.7 Å². The molecule has 3 nitrogen and oxygen atoms in total. The van der Waals surface area contributed by atoms with Crippen LogP contribution in [0.1, 0.15) is 6.92 Å². The topological polar surface area (TPSA) is 27.7 Å². The van der Waals surface area contributed by atoms with Crippen LogP contribution >= 0.6 is 0 Å². The number of rotatable bonds is 3. The average Bonchev–Trinajstić information content (AvgIpc) is 2.65. The highest BCUT2D eigenvalue weighted by Crippen LogP contribution is 2.20. The molecule has 14 heavy (non-hydrogen) atoms. The number of ether oxygens (including phenoxy) is 3. The zero-order valence-electron chi connectivity index (χ0n) is 8.16. The molecule has 0 aromatic heterocycles. The van der Waals surface area contributed by atoms with Crippen molar-refractivity contribution in [1.29, 1.82) is 0 Å². The van der Waals surface area contributed by atoms with E-state index in [0.717, 1.165) is 5.75 Å². The van der Waals surface area contributed by atoms with E-state index in [9.17, 15) is 0 Å². The van der Waals surface area contributed by atoms with Crippen molar-refractivity contribution in [3.8, 4) is 5.75 Å². The molecule has 3 heteroatoms. The Kier molecular flexibility index (Phi) is 2.70. The van der Waals surface area contributed by atoms with E-state index in [0.29, 0.717) is 19.8 Å². The lowest BCUT2D eigenvalue weighted by Crippen LogP contribution is -2.33. The standard InChI is InChI=1S/C11H13O3/c1-11(13-7-8-14-11)9-12-10-5-3-2-4-6-10/h3-6H,7-9H2,1H3. The van der Waals surface area contributed by atoms with Crippen molar-refractivity contribution < 1.29 is 14.2 Å². The molecule has 0 unspecified atom stereocenters. The van der Waals surface area contributed by atoms with Crippen molar-refractivity contribution in [3.63, 3.8) is 0 Å². The molecule has 2 rings (SSSR count). The van der Waals surface area contributed by atoms with Gasteiger partial charge in [-0.15, -0.1) is 0 Å². The Balaban J connectivity index is 1.88. The van der Waals surface area contributed by atoms with Crippen LogP contribution in [0.15, 0.2) is 24.3 Å². The van der Waals surface area contributed by atoms with E-state index < -0.39 is 5.79 Å². The Bertz CT molecular complexity index is 278. The van der Waals surface area contributed by atoms with Gasteiger partial charge in [0.15, 0.2) is 5.79 Å². The first-order valence-corrected chi connectivity index (χ1v) is 4.65. The molecule has 1 aromatic rings. The summed E-state index contributed by atoms with van der Waals surface area (Å²) in [6.45, 7) is 3.58. The molecular weight excluding hydrogens is 180 g/mol. The zero-order valence-corrected chi connectivity index (χ0v) is 8.16. The van der Waals surface area contributed by atoms with Crippen molar-refractivity contribution in [1.82, 2.24) is 0 Å². The molecule has 1 aliphatic heterocycles. The Morgan fingerprint density at radius 2 is 2.00 bits per heavy atom. The molecule has 1 aliphatic rings. The average molecular weight is 193 g/mol. The Labute approximate surface area is 83.6 Å². The lowest BCUT2D eigenvalue weighted by Gasteiger charge is -2.22. The molecule has 0 atom stereocenters. The summed E-state index contributed by atoms with van der Waals surface area (Å²) in [6, 6.07) is 10.3. The van der Waals surface area contributed by atoms with Crippen LogP contribution in [-0.2, 0) is 9.47 Å². The zero-order chi connectivity index (χ0) is 9.86.